The van der Waals surface area contributed by atoms with Crippen LogP contribution >= 0.6 is 0 Å². The summed E-state index contributed by atoms with van der Waals surface area (Å²) in [5, 5.41) is 0. The summed E-state index contributed by atoms with van der Waals surface area (Å²) in [4.78, 5) is 10.2. The normalized spacial score (nSPS) is 19.4. The molecule has 220 valence electrons. The van der Waals surface area contributed by atoms with Crippen molar-refractivity contribution in [3.8, 4) is 0 Å². The first-order valence-electron chi connectivity index (χ1n) is 15.9. The van der Waals surface area contributed by atoms with Crippen LogP contribution in [0.1, 0.15) is 47.8 Å². The van der Waals surface area contributed by atoms with Gasteiger partial charge in [-0.15, -0.1) is 0 Å². The molecule has 2 unspecified atom stereocenters. The molecule has 3 heteroatoms. The molecule has 0 radical (unpaired) electrons. The molecule has 0 spiro atoms. The van der Waals surface area contributed by atoms with Crippen molar-refractivity contribution in [2.24, 2.45) is 4.99 Å². The minimum Gasteiger partial charge on any atom is -0.334 e. The molecule has 3 nitrogen and oxygen atoms in total. The van der Waals surface area contributed by atoms with Gasteiger partial charge in [0, 0.05) is 16.8 Å². The monoisotopic (exact) mass is 583 g/mol. The van der Waals surface area contributed by atoms with Crippen molar-refractivity contribution in [2.45, 2.75) is 44.8 Å². The van der Waals surface area contributed by atoms with Gasteiger partial charge in [0.15, 0.2) is 0 Å². The Balaban J connectivity index is 1.17. The predicted molar refractivity (Wildman–Crippen MR) is 188 cm³/mol. The quantitative estimate of drug-likeness (QED) is 0.205. The van der Waals surface area contributed by atoms with Crippen molar-refractivity contribution in [1.82, 2.24) is 0 Å². The molecule has 45 heavy (non-hydrogen) atoms. The van der Waals surface area contributed by atoms with Crippen molar-refractivity contribution >= 4 is 28.5 Å². The average Bonchev–Trinajstić information content (AvgIpc) is 3.45. The zero-order valence-corrected chi connectivity index (χ0v) is 26.1. The fourth-order valence-electron chi connectivity index (χ4n) is 7.29. The van der Waals surface area contributed by atoms with Gasteiger partial charge in [-0.25, -0.2) is 0 Å². The molecule has 2 aliphatic heterocycles. The number of fused-ring (bicyclic) bond motifs is 3. The van der Waals surface area contributed by atoms with Gasteiger partial charge in [0.2, 0.25) is 0 Å². The van der Waals surface area contributed by atoms with Crippen LogP contribution in [0.4, 0.5) is 22.7 Å². The number of para-hydroxylation sites is 3. The van der Waals surface area contributed by atoms with Crippen LogP contribution < -0.4 is 9.80 Å². The topological polar surface area (TPSA) is 18.8 Å². The van der Waals surface area contributed by atoms with E-state index in [4.69, 9.17) is 4.99 Å². The Morgan fingerprint density at radius 3 is 2.09 bits per heavy atom. The number of benzene rings is 5. The highest BCUT2D eigenvalue weighted by Gasteiger charge is 2.38. The summed E-state index contributed by atoms with van der Waals surface area (Å²) >= 11 is 0. The third kappa shape index (κ3) is 4.71. The maximum atomic E-state index is 5.25. The summed E-state index contributed by atoms with van der Waals surface area (Å²) < 4.78 is 0. The van der Waals surface area contributed by atoms with E-state index in [0.29, 0.717) is 0 Å². The summed E-state index contributed by atoms with van der Waals surface area (Å²) in [5.74, 6) is 0. The van der Waals surface area contributed by atoms with Crippen LogP contribution in [0.3, 0.4) is 0 Å². The van der Waals surface area contributed by atoms with E-state index in [2.05, 4.69) is 176 Å². The number of hydrogen-bond donors (Lipinski definition) is 0. The summed E-state index contributed by atoms with van der Waals surface area (Å²) in [5.41, 5.74) is 13.7. The first-order chi connectivity index (χ1) is 22.0. The maximum Gasteiger partial charge on any atom is 0.148 e. The summed E-state index contributed by atoms with van der Waals surface area (Å²) in [6, 6.07) is 46.3. The molecular formula is C42H37N3. The van der Waals surface area contributed by atoms with Crippen molar-refractivity contribution in [3.05, 3.63) is 179 Å². The Bertz CT molecular complexity index is 1970. The zero-order valence-electron chi connectivity index (χ0n) is 26.1. The minimum atomic E-state index is -0.101. The lowest BCUT2D eigenvalue weighted by Gasteiger charge is -2.42. The van der Waals surface area contributed by atoms with E-state index < -0.39 is 0 Å². The smallest absolute Gasteiger partial charge is 0.148 e. The van der Waals surface area contributed by atoms with E-state index in [1.54, 1.807) is 0 Å². The molecule has 0 saturated heterocycles. The SMILES string of the molecule is Cc1ccc(C2N=C3C=CC(Cc4ccc5c(c4)N(c4ccccc4)c4ccccc4C5(C)C)=CC3N2c2ccccc2)cc1. The molecule has 8 rings (SSSR count). The first kappa shape index (κ1) is 27.4. The molecule has 0 fully saturated rings. The minimum absolute atomic E-state index is 0.0567. The Morgan fingerprint density at radius 1 is 0.667 bits per heavy atom. The molecular weight excluding hydrogens is 546 g/mol. The Kier molecular flexibility index (Phi) is 6.57. The second-order valence-electron chi connectivity index (χ2n) is 12.9. The van der Waals surface area contributed by atoms with Gasteiger partial charge in [-0.05, 0) is 83.6 Å². The number of nitrogens with zero attached hydrogens (tertiary/aromatic N) is 3. The molecule has 2 atom stereocenters. The number of aliphatic imine (C=N–C) groups is 1. The van der Waals surface area contributed by atoms with Crippen molar-refractivity contribution in [1.29, 1.82) is 0 Å². The second kappa shape index (κ2) is 10.8. The van der Waals surface area contributed by atoms with E-state index in [0.717, 1.165) is 12.1 Å². The fraction of sp³-hybridized carbons (Fsp3) is 0.167. The summed E-state index contributed by atoms with van der Waals surface area (Å²) in [6.07, 6.45) is 7.73. The van der Waals surface area contributed by atoms with Gasteiger partial charge in [0.1, 0.15) is 6.17 Å². The lowest BCUT2D eigenvalue weighted by Crippen LogP contribution is -2.36. The Hall–Kier alpha value is -5.15. The van der Waals surface area contributed by atoms with Crippen LogP contribution in [0.25, 0.3) is 0 Å². The average molecular weight is 584 g/mol. The van der Waals surface area contributed by atoms with Gasteiger partial charge >= 0.3 is 0 Å². The molecule has 0 N–H and O–H groups in total. The number of allylic oxidation sites excluding steroid dienone is 2. The van der Waals surface area contributed by atoms with Crippen LogP contribution in [0.15, 0.2) is 156 Å². The molecule has 0 aromatic heterocycles. The Morgan fingerprint density at radius 2 is 1.33 bits per heavy atom. The maximum absolute atomic E-state index is 5.25. The van der Waals surface area contributed by atoms with Crippen LogP contribution in [0.2, 0.25) is 0 Å². The highest BCUT2D eigenvalue weighted by Crippen LogP contribution is 2.52. The molecule has 0 saturated carbocycles. The van der Waals surface area contributed by atoms with Gasteiger partial charge in [0.25, 0.3) is 0 Å². The standard InChI is InChI=1S/C42H37N3/c1-29-18-22-32(23-19-29)41-43-37-25-21-31(28-40(37)45(41)34-14-8-5-9-15-34)26-30-20-24-36-39(27-30)44(33-12-6-4-7-13-33)38-17-11-10-16-35(38)42(36,2)3/h4-25,27-28,40-41H,26H2,1-3H3. The lowest BCUT2D eigenvalue weighted by atomic mass is 9.73. The number of anilines is 4. The van der Waals surface area contributed by atoms with Crippen LogP contribution in [0, 0.1) is 6.92 Å². The first-order valence-corrected chi connectivity index (χ1v) is 15.9. The van der Waals surface area contributed by atoms with Crippen LogP contribution in [0.5, 0.6) is 0 Å². The number of rotatable bonds is 5. The van der Waals surface area contributed by atoms with Gasteiger partial charge in [-0.2, -0.15) is 0 Å². The molecule has 1 aliphatic carbocycles. The highest BCUT2D eigenvalue weighted by atomic mass is 15.3. The number of aryl methyl sites for hydroxylation is 1. The fourth-order valence-corrected chi connectivity index (χ4v) is 7.29. The third-order valence-corrected chi connectivity index (χ3v) is 9.62. The van der Waals surface area contributed by atoms with Gasteiger partial charge < -0.3 is 9.80 Å². The second-order valence-corrected chi connectivity index (χ2v) is 12.9. The van der Waals surface area contributed by atoms with E-state index in [1.165, 1.54) is 56.1 Å². The Labute approximate surface area is 266 Å². The summed E-state index contributed by atoms with van der Waals surface area (Å²) in [7, 11) is 0. The van der Waals surface area contributed by atoms with Crippen molar-refractivity contribution in [3.63, 3.8) is 0 Å². The van der Waals surface area contributed by atoms with Crippen LogP contribution in [-0.4, -0.2) is 11.8 Å². The van der Waals surface area contributed by atoms with Gasteiger partial charge in [0.05, 0.1) is 23.1 Å². The molecule has 5 aromatic rings. The lowest BCUT2D eigenvalue weighted by molar-refractivity contribution is 0.631. The third-order valence-electron chi connectivity index (χ3n) is 9.62. The van der Waals surface area contributed by atoms with E-state index in [9.17, 15) is 0 Å². The van der Waals surface area contributed by atoms with E-state index >= 15 is 0 Å². The van der Waals surface area contributed by atoms with Gasteiger partial charge in [-0.3, -0.25) is 4.99 Å². The van der Waals surface area contributed by atoms with E-state index in [1.807, 2.05) is 0 Å². The van der Waals surface area contributed by atoms with Crippen molar-refractivity contribution < 1.29 is 0 Å². The molecule has 3 aliphatic rings. The predicted octanol–water partition coefficient (Wildman–Crippen LogP) is 10.2. The van der Waals surface area contributed by atoms with Gasteiger partial charge in [-0.1, -0.05) is 123 Å². The summed E-state index contributed by atoms with van der Waals surface area (Å²) in [6.45, 7) is 6.83. The number of hydrogen-bond acceptors (Lipinski definition) is 3. The van der Waals surface area contributed by atoms with Crippen molar-refractivity contribution in [2.75, 3.05) is 9.80 Å². The molecule has 0 amide bonds. The highest BCUT2D eigenvalue weighted by molar-refractivity contribution is 6.06. The molecule has 2 heterocycles. The molecule has 0 bridgehead atoms. The van der Waals surface area contributed by atoms with E-state index in [-0.39, 0.29) is 17.6 Å². The van der Waals surface area contributed by atoms with Crippen LogP contribution in [-0.2, 0) is 11.8 Å². The molecule has 5 aromatic carbocycles. The largest absolute Gasteiger partial charge is 0.334 e. The zero-order chi connectivity index (χ0) is 30.5.